The Morgan fingerprint density at radius 1 is 1.12 bits per heavy atom. The Bertz CT molecular complexity index is 280. The highest BCUT2D eigenvalue weighted by Gasteiger charge is 2.12. The number of hydrogen-bond acceptors (Lipinski definition) is 2. The van der Waals surface area contributed by atoms with Gasteiger partial charge in [0.25, 0.3) is 0 Å². The molecule has 1 saturated heterocycles. The average Bonchev–Trinajstić information content (AvgIpc) is 2.37. The molecule has 2 heteroatoms. The standard InChI is InChI=1S/C14H21NS/c1-2-4-13(5-3-1)6-9-15-12-14-7-10-16-11-8-14/h1-5,14-15H,6-12H2. The summed E-state index contributed by atoms with van der Waals surface area (Å²) in [6, 6.07) is 10.7. The van der Waals surface area contributed by atoms with E-state index in [-0.39, 0.29) is 0 Å². The van der Waals surface area contributed by atoms with Gasteiger partial charge in [-0.2, -0.15) is 11.8 Å². The van der Waals surface area contributed by atoms with Crippen molar-refractivity contribution in [3.63, 3.8) is 0 Å². The van der Waals surface area contributed by atoms with E-state index in [1.807, 2.05) is 0 Å². The normalized spacial score (nSPS) is 17.5. The molecule has 0 radical (unpaired) electrons. The van der Waals surface area contributed by atoms with Crippen LogP contribution in [-0.4, -0.2) is 24.6 Å². The van der Waals surface area contributed by atoms with Crippen LogP contribution in [0, 0.1) is 5.92 Å². The van der Waals surface area contributed by atoms with E-state index in [2.05, 4.69) is 47.4 Å². The Hall–Kier alpha value is -0.470. The van der Waals surface area contributed by atoms with E-state index in [0.29, 0.717) is 0 Å². The Morgan fingerprint density at radius 2 is 1.88 bits per heavy atom. The summed E-state index contributed by atoms with van der Waals surface area (Å²) in [5.74, 6) is 3.66. The molecular formula is C14H21NS. The molecule has 88 valence electrons. The van der Waals surface area contributed by atoms with E-state index in [1.54, 1.807) is 0 Å². The summed E-state index contributed by atoms with van der Waals surface area (Å²) in [7, 11) is 0. The van der Waals surface area contributed by atoms with Gasteiger partial charge in [0.1, 0.15) is 0 Å². The fourth-order valence-electron chi connectivity index (χ4n) is 2.13. The zero-order valence-corrected chi connectivity index (χ0v) is 10.6. The van der Waals surface area contributed by atoms with Crippen LogP contribution in [0.4, 0.5) is 0 Å². The van der Waals surface area contributed by atoms with E-state index in [1.165, 1.54) is 36.5 Å². The number of rotatable bonds is 5. The molecule has 0 aromatic heterocycles. The monoisotopic (exact) mass is 235 g/mol. The van der Waals surface area contributed by atoms with E-state index in [4.69, 9.17) is 0 Å². The van der Waals surface area contributed by atoms with Gasteiger partial charge in [0, 0.05) is 0 Å². The second-order valence-electron chi connectivity index (χ2n) is 4.50. The average molecular weight is 235 g/mol. The maximum Gasteiger partial charge on any atom is -0.000824 e. The Morgan fingerprint density at radius 3 is 2.62 bits per heavy atom. The van der Waals surface area contributed by atoms with Gasteiger partial charge >= 0.3 is 0 Å². The van der Waals surface area contributed by atoms with Crippen LogP contribution in [0.2, 0.25) is 0 Å². The first-order chi connectivity index (χ1) is 7.95. The highest BCUT2D eigenvalue weighted by molar-refractivity contribution is 7.99. The first-order valence-corrected chi connectivity index (χ1v) is 7.43. The third kappa shape index (κ3) is 4.18. The molecule has 0 amide bonds. The van der Waals surface area contributed by atoms with Crippen molar-refractivity contribution in [2.75, 3.05) is 24.6 Å². The molecule has 0 unspecified atom stereocenters. The molecule has 1 heterocycles. The van der Waals surface area contributed by atoms with Crippen molar-refractivity contribution >= 4 is 11.8 Å². The van der Waals surface area contributed by atoms with Crippen LogP contribution in [0.15, 0.2) is 30.3 Å². The highest BCUT2D eigenvalue weighted by Crippen LogP contribution is 2.21. The predicted molar refractivity (Wildman–Crippen MR) is 73.1 cm³/mol. The van der Waals surface area contributed by atoms with Gasteiger partial charge in [-0.1, -0.05) is 30.3 Å². The lowest BCUT2D eigenvalue weighted by Gasteiger charge is -2.21. The number of thioether (sulfide) groups is 1. The summed E-state index contributed by atoms with van der Waals surface area (Å²) < 4.78 is 0. The Kier molecular flexibility index (Phi) is 5.23. The third-order valence-corrected chi connectivity index (χ3v) is 4.26. The maximum atomic E-state index is 3.59. The van der Waals surface area contributed by atoms with E-state index < -0.39 is 0 Å². The molecule has 1 nitrogen and oxygen atoms in total. The van der Waals surface area contributed by atoms with E-state index in [0.717, 1.165) is 18.9 Å². The molecule has 1 aromatic rings. The lowest BCUT2D eigenvalue weighted by Crippen LogP contribution is -2.27. The topological polar surface area (TPSA) is 12.0 Å². The summed E-state index contributed by atoms with van der Waals surface area (Å²) in [4.78, 5) is 0. The molecule has 0 spiro atoms. The van der Waals surface area contributed by atoms with Crippen LogP contribution in [0.25, 0.3) is 0 Å². The molecule has 0 bridgehead atoms. The van der Waals surface area contributed by atoms with Crippen LogP contribution in [0.3, 0.4) is 0 Å². The van der Waals surface area contributed by atoms with Crippen molar-refractivity contribution in [2.24, 2.45) is 5.92 Å². The van der Waals surface area contributed by atoms with Crippen LogP contribution in [-0.2, 0) is 6.42 Å². The fourth-order valence-corrected chi connectivity index (χ4v) is 3.34. The SMILES string of the molecule is c1ccc(CCNCC2CCSCC2)cc1. The highest BCUT2D eigenvalue weighted by atomic mass is 32.2. The Balaban J connectivity index is 1.58. The first kappa shape index (κ1) is 12.0. The van der Waals surface area contributed by atoms with Crippen LogP contribution < -0.4 is 5.32 Å². The first-order valence-electron chi connectivity index (χ1n) is 6.27. The van der Waals surface area contributed by atoms with Gasteiger partial charge in [0.2, 0.25) is 0 Å². The van der Waals surface area contributed by atoms with Crippen molar-refractivity contribution in [1.82, 2.24) is 5.32 Å². The van der Waals surface area contributed by atoms with E-state index in [9.17, 15) is 0 Å². The quantitative estimate of drug-likeness (QED) is 0.788. The summed E-state index contributed by atoms with van der Waals surface area (Å²) >= 11 is 2.11. The fraction of sp³-hybridized carbons (Fsp3) is 0.571. The third-order valence-electron chi connectivity index (χ3n) is 3.21. The molecule has 0 atom stereocenters. The molecule has 1 fully saturated rings. The molecule has 0 saturated carbocycles. The molecule has 1 aliphatic heterocycles. The molecular weight excluding hydrogens is 214 g/mol. The molecule has 2 rings (SSSR count). The lowest BCUT2D eigenvalue weighted by atomic mass is 10.0. The summed E-state index contributed by atoms with van der Waals surface area (Å²) in [6.45, 7) is 2.33. The predicted octanol–water partition coefficient (Wildman–Crippen LogP) is 2.96. The second-order valence-corrected chi connectivity index (χ2v) is 5.72. The van der Waals surface area contributed by atoms with Gasteiger partial charge < -0.3 is 5.32 Å². The number of benzene rings is 1. The van der Waals surface area contributed by atoms with Crippen molar-refractivity contribution in [1.29, 1.82) is 0 Å². The van der Waals surface area contributed by atoms with Crippen molar-refractivity contribution in [3.8, 4) is 0 Å². The van der Waals surface area contributed by atoms with Gasteiger partial charge in [-0.05, 0) is 55.3 Å². The molecule has 0 aliphatic carbocycles. The zero-order chi connectivity index (χ0) is 11.1. The molecule has 1 N–H and O–H groups in total. The molecule has 1 aromatic carbocycles. The molecule has 16 heavy (non-hydrogen) atoms. The minimum absolute atomic E-state index is 0.928. The van der Waals surface area contributed by atoms with E-state index >= 15 is 0 Å². The van der Waals surface area contributed by atoms with Gasteiger partial charge in [-0.3, -0.25) is 0 Å². The Labute approximate surface area is 103 Å². The number of nitrogens with one attached hydrogen (secondary N) is 1. The zero-order valence-electron chi connectivity index (χ0n) is 9.82. The van der Waals surface area contributed by atoms with Crippen molar-refractivity contribution < 1.29 is 0 Å². The summed E-state index contributed by atoms with van der Waals surface area (Å²) in [5, 5.41) is 3.59. The summed E-state index contributed by atoms with van der Waals surface area (Å²) in [6.07, 6.45) is 3.97. The van der Waals surface area contributed by atoms with Gasteiger partial charge in [0.15, 0.2) is 0 Å². The summed E-state index contributed by atoms with van der Waals surface area (Å²) in [5.41, 5.74) is 1.44. The molecule has 1 aliphatic rings. The van der Waals surface area contributed by atoms with Crippen LogP contribution in [0.1, 0.15) is 18.4 Å². The minimum atomic E-state index is 0.928. The smallest absolute Gasteiger partial charge is 0.000824 e. The van der Waals surface area contributed by atoms with Crippen LogP contribution >= 0.6 is 11.8 Å². The van der Waals surface area contributed by atoms with Gasteiger partial charge in [-0.15, -0.1) is 0 Å². The second kappa shape index (κ2) is 6.97. The van der Waals surface area contributed by atoms with Gasteiger partial charge in [0.05, 0.1) is 0 Å². The lowest BCUT2D eigenvalue weighted by molar-refractivity contribution is 0.450. The van der Waals surface area contributed by atoms with Crippen molar-refractivity contribution in [3.05, 3.63) is 35.9 Å². The van der Waals surface area contributed by atoms with Gasteiger partial charge in [-0.25, -0.2) is 0 Å². The largest absolute Gasteiger partial charge is 0.316 e. The number of hydrogen-bond donors (Lipinski definition) is 1. The maximum absolute atomic E-state index is 3.59. The van der Waals surface area contributed by atoms with Crippen LogP contribution in [0.5, 0.6) is 0 Å². The van der Waals surface area contributed by atoms with Crippen molar-refractivity contribution in [2.45, 2.75) is 19.3 Å². The minimum Gasteiger partial charge on any atom is -0.316 e.